The lowest BCUT2D eigenvalue weighted by atomic mass is 9.78. The minimum Gasteiger partial charge on any atom is -0.535 e. The van der Waals surface area contributed by atoms with Crippen molar-refractivity contribution in [2.45, 2.75) is 50.1 Å². The van der Waals surface area contributed by atoms with Crippen LogP contribution in [-0.4, -0.2) is 82.4 Å². The third-order valence-electron chi connectivity index (χ3n) is 5.61. The number of nitrogens with zero attached hydrogens (tertiary/aromatic N) is 1. The summed E-state index contributed by atoms with van der Waals surface area (Å²) >= 11 is 0. The summed E-state index contributed by atoms with van der Waals surface area (Å²) in [4.78, 5) is 13.6. The molecule has 0 spiro atoms. The molecule has 0 aliphatic carbocycles. The van der Waals surface area contributed by atoms with Gasteiger partial charge in [0.05, 0.1) is 6.10 Å². The third-order valence-corrected chi connectivity index (χ3v) is 5.61. The van der Waals surface area contributed by atoms with Gasteiger partial charge in [-0.25, -0.2) is 4.79 Å². The number of carboxylic acids is 1. The van der Waals surface area contributed by atoms with Crippen LogP contribution in [0.25, 0.3) is 0 Å². The molecule has 152 valence electrons. The lowest BCUT2D eigenvalue weighted by molar-refractivity contribution is -0.0958. The van der Waals surface area contributed by atoms with E-state index in [0.29, 0.717) is 45.2 Å². The molecule has 1 aromatic carbocycles. The van der Waals surface area contributed by atoms with E-state index in [0.717, 1.165) is 5.56 Å². The van der Waals surface area contributed by atoms with E-state index in [-0.39, 0.29) is 35.3 Å². The maximum absolute atomic E-state index is 11.8. The van der Waals surface area contributed by atoms with Crippen LogP contribution < -0.4 is 14.7 Å². The molecule has 1 unspecified atom stereocenters. The van der Waals surface area contributed by atoms with Gasteiger partial charge >= 0.3 is 13.1 Å². The molecule has 0 saturated carbocycles. The highest BCUT2D eigenvalue weighted by atomic mass is 16.5. The Hall–Kier alpha value is -1.85. The summed E-state index contributed by atoms with van der Waals surface area (Å²) in [5.74, 6) is -0.783. The number of aliphatic hydroxyl groups excluding tert-OH is 2. The van der Waals surface area contributed by atoms with E-state index < -0.39 is 19.3 Å². The number of rotatable bonds is 6. The fraction of sp³-hybridized carbons (Fsp3) is 0.611. The van der Waals surface area contributed by atoms with Crippen molar-refractivity contribution in [3.8, 4) is 11.5 Å². The van der Waals surface area contributed by atoms with Crippen LogP contribution in [0.4, 0.5) is 0 Å². The minimum atomic E-state index is -1.16. The smallest absolute Gasteiger partial charge is 0.522 e. The fourth-order valence-electron chi connectivity index (χ4n) is 4.06. The summed E-state index contributed by atoms with van der Waals surface area (Å²) in [6.45, 7) is 1.52. The number of hydrogen-bond donors (Lipinski definition) is 5. The highest BCUT2D eigenvalue weighted by Crippen LogP contribution is 2.37. The molecule has 0 aromatic heterocycles. The molecule has 9 nitrogen and oxygen atoms in total. The van der Waals surface area contributed by atoms with E-state index in [1.165, 1.54) is 0 Å². The second-order valence-electron chi connectivity index (χ2n) is 7.75. The van der Waals surface area contributed by atoms with Gasteiger partial charge in [-0.05, 0) is 30.8 Å². The Bertz CT molecular complexity index is 743. The summed E-state index contributed by atoms with van der Waals surface area (Å²) < 4.78 is 11.2. The number of nitrogens with one attached hydrogen (secondary N) is 1. The Morgan fingerprint density at radius 1 is 1.43 bits per heavy atom. The second-order valence-corrected chi connectivity index (χ2v) is 7.75. The van der Waals surface area contributed by atoms with Crippen LogP contribution in [0.3, 0.4) is 0 Å². The van der Waals surface area contributed by atoms with Crippen molar-refractivity contribution >= 4 is 13.1 Å². The van der Waals surface area contributed by atoms with Gasteiger partial charge in [0.2, 0.25) is 0 Å². The van der Waals surface area contributed by atoms with Crippen LogP contribution in [0.2, 0.25) is 6.32 Å². The van der Waals surface area contributed by atoms with Gasteiger partial charge in [-0.2, -0.15) is 0 Å². The Kier molecular flexibility index (Phi) is 5.48. The molecule has 0 bridgehead atoms. The maximum atomic E-state index is 11.8. The lowest BCUT2D eigenvalue weighted by Gasteiger charge is -2.42. The van der Waals surface area contributed by atoms with E-state index >= 15 is 0 Å². The van der Waals surface area contributed by atoms with Gasteiger partial charge in [-0.15, -0.1) is 0 Å². The first-order valence-electron chi connectivity index (χ1n) is 9.65. The van der Waals surface area contributed by atoms with E-state index in [1.54, 1.807) is 12.1 Å². The quantitative estimate of drug-likeness (QED) is 0.399. The zero-order chi connectivity index (χ0) is 19.8. The van der Waals surface area contributed by atoms with Crippen LogP contribution >= 0.6 is 0 Å². The van der Waals surface area contributed by atoms with E-state index in [9.17, 15) is 25.1 Å². The minimum absolute atomic E-state index is 0.0700. The fourth-order valence-corrected chi connectivity index (χ4v) is 4.06. The van der Waals surface area contributed by atoms with Crippen LogP contribution in [0.5, 0.6) is 11.5 Å². The summed E-state index contributed by atoms with van der Waals surface area (Å²) in [6.07, 6.45) is 0.899. The molecule has 2 fully saturated rings. The van der Waals surface area contributed by atoms with Gasteiger partial charge < -0.3 is 35.1 Å². The first-order chi connectivity index (χ1) is 13.4. The Balaban J connectivity index is 1.37. The number of aromatic carboxylic acids is 1. The molecular weight excluding hydrogens is 367 g/mol. The van der Waals surface area contributed by atoms with Crippen molar-refractivity contribution in [3.63, 3.8) is 0 Å². The number of hydrogen-bond acceptors (Lipinski definition) is 8. The number of ether oxygens (including phenoxy) is 1. The molecule has 10 heteroatoms. The molecule has 4 rings (SSSR count). The predicted octanol–water partition coefficient (Wildman–Crippen LogP) is -0.705. The normalized spacial score (nSPS) is 26.3. The maximum Gasteiger partial charge on any atom is 0.522 e. The predicted molar refractivity (Wildman–Crippen MR) is 99.5 cm³/mol. The lowest BCUT2D eigenvalue weighted by Crippen LogP contribution is -2.58. The summed E-state index contributed by atoms with van der Waals surface area (Å²) in [5, 5.41) is 42.4. The Labute approximate surface area is 163 Å². The molecule has 2 saturated heterocycles. The van der Waals surface area contributed by atoms with Gasteiger partial charge in [0.25, 0.3) is 0 Å². The second kappa shape index (κ2) is 7.88. The number of fused-ring (bicyclic) bond motifs is 1. The average Bonchev–Trinajstić information content (AvgIpc) is 3.01. The van der Waals surface area contributed by atoms with E-state index in [2.05, 4.69) is 5.32 Å². The highest BCUT2D eigenvalue weighted by molar-refractivity contribution is 6.44. The molecule has 3 aliphatic rings. The number of carbonyl (C=O) groups is 1. The number of aryl methyl sites for hydroxylation is 1. The van der Waals surface area contributed by atoms with Crippen LogP contribution in [0.15, 0.2) is 12.1 Å². The van der Waals surface area contributed by atoms with Crippen molar-refractivity contribution < 1.29 is 34.5 Å². The van der Waals surface area contributed by atoms with Gasteiger partial charge in [-0.3, -0.25) is 4.90 Å². The molecule has 3 aliphatic heterocycles. The van der Waals surface area contributed by atoms with Crippen molar-refractivity contribution in [2.75, 3.05) is 19.6 Å². The van der Waals surface area contributed by atoms with Gasteiger partial charge in [0, 0.05) is 32.1 Å². The van der Waals surface area contributed by atoms with E-state index in [4.69, 9.17) is 9.39 Å². The number of likely N-dealkylation sites (tertiary alicyclic amines) is 1. The molecule has 0 radical (unpaired) electrons. The summed E-state index contributed by atoms with van der Waals surface area (Å²) in [6, 6.07) is 3.49. The van der Waals surface area contributed by atoms with Crippen LogP contribution in [-0.2, 0) is 6.42 Å². The summed E-state index contributed by atoms with van der Waals surface area (Å²) in [7, 11) is -1.02. The van der Waals surface area contributed by atoms with Crippen molar-refractivity contribution in [1.29, 1.82) is 0 Å². The molecule has 0 amide bonds. The zero-order valence-corrected chi connectivity index (χ0v) is 15.5. The molecule has 3 heterocycles. The zero-order valence-electron chi connectivity index (χ0n) is 15.5. The number of aliphatic hydroxyl groups is 2. The van der Waals surface area contributed by atoms with Crippen LogP contribution in [0.1, 0.15) is 28.8 Å². The number of carboxylic acid groups (broad SMARTS) is 1. The molecule has 28 heavy (non-hydrogen) atoms. The van der Waals surface area contributed by atoms with Crippen molar-refractivity contribution in [3.05, 3.63) is 23.3 Å². The largest absolute Gasteiger partial charge is 0.535 e. The van der Waals surface area contributed by atoms with Gasteiger partial charge in [0.1, 0.15) is 29.4 Å². The number of benzene rings is 1. The average molecular weight is 392 g/mol. The molecule has 3 atom stereocenters. The molecular formula is C18H25BN2O7. The van der Waals surface area contributed by atoms with E-state index in [1.807, 2.05) is 4.90 Å². The first kappa shape index (κ1) is 19.5. The van der Waals surface area contributed by atoms with Crippen molar-refractivity contribution in [2.24, 2.45) is 0 Å². The Morgan fingerprint density at radius 2 is 2.21 bits per heavy atom. The summed E-state index contributed by atoms with van der Waals surface area (Å²) in [5.41, 5.74) is 0.673. The SMILES string of the molecule is O=C(O)c1c(OC2CN(C(O)C[C@@H]3C[C@H](O)CN3)C2)ccc2c1OB(O)CC2. The first-order valence-corrected chi connectivity index (χ1v) is 9.65. The van der Waals surface area contributed by atoms with Crippen LogP contribution in [0, 0.1) is 0 Å². The highest BCUT2D eigenvalue weighted by Gasteiger charge is 2.37. The standard InChI is InChI=1S/C18H25BN2O7/c22-12-5-11(20-7-12)6-15(23)21-8-13(9-21)27-14-2-1-10-3-4-19(26)28-17(10)16(14)18(24)25/h1-2,11-13,15,20,22-23,26H,3-9H2,(H,24,25)/t11-,12-,15?/m0/s1. The van der Waals surface area contributed by atoms with Gasteiger partial charge in [0.15, 0.2) is 0 Å². The monoisotopic (exact) mass is 392 g/mol. The van der Waals surface area contributed by atoms with Gasteiger partial charge in [-0.1, -0.05) is 6.07 Å². The Morgan fingerprint density at radius 3 is 2.89 bits per heavy atom. The topological polar surface area (TPSA) is 132 Å². The number of β-amino-alcohol motifs (C(OH)–C–C–N with tert-alkyl or cyclic N) is 1. The third kappa shape index (κ3) is 3.96. The molecule has 1 aromatic rings. The van der Waals surface area contributed by atoms with Crippen molar-refractivity contribution in [1.82, 2.24) is 10.2 Å². The molecule has 5 N–H and O–H groups in total.